The summed E-state index contributed by atoms with van der Waals surface area (Å²) in [4.78, 5) is 26.9. The molecule has 16 heteroatoms. The van der Waals surface area contributed by atoms with Crippen molar-refractivity contribution in [3.8, 4) is 5.88 Å². The number of carbonyl (C=O) groups excluding carboxylic acids is 1. The number of alkyl halides is 8. The maximum absolute atomic E-state index is 13.2. The third-order valence-electron chi connectivity index (χ3n) is 5.88. The number of aromatic nitrogens is 4. The number of fused-ring (bicyclic) bond motifs is 1. The van der Waals surface area contributed by atoms with E-state index in [1.165, 1.54) is 6.07 Å². The van der Waals surface area contributed by atoms with Gasteiger partial charge in [-0.15, -0.1) is 0 Å². The van der Waals surface area contributed by atoms with Gasteiger partial charge in [0.1, 0.15) is 11.1 Å². The lowest BCUT2D eigenvalue weighted by Crippen LogP contribution is -2.40. The van der Waals surface area contributed by atoms with Gasteiger partial charge < -0.3 is 20.4 Å². The van der Waals surface area contributed by atoms with Gasteiger partial charge >= 0.3 is 12.4 Å². The van der Waals surface area contributed by atoms with Gasteiger partial charge in [0.2, 0.25) is 11.8 Å². The standard InChI is InChI=1S/C22H20F8N6O2/c23-15(24)9-38-19-12(18(37)32-11-5-3-10(4-6-11)21(25,26)27)8-14-17(35-19)36-20(34-14)33-13-2-1-7-31-16(13)22(28,29)30/h1-2,7-8,10-11,15H,3-6,9H2,(H,32,37)(H2,33,34,35,36)/t10-,11-. The molecule has 1 aliphatic carbocycles. The smallest absolute Gasteiger partial charge is 0.435 e. The summed E-state index contributed by atoms with van der Waals surface area (Å²) in [5.41, 5.74) is -2.06. The SMILES string of the molecule is O=C(N[C@H]1CC[C@H](C(F)(F)F)CC1)c1cc2nc(Nc3cccnc3C(F)(F)F)[nH]c2nc1OCC(F)F. The van der Waals surface area contributed by atoms with E-state index < -0.39 is 60.5 Å². The first-order chi connectivity index (χ1) is 17.8. The van der Waals surface area contributed by atoms with E-state index in [9.17, 15) is 39.9 Å². The molecule has 0 saturated heterocycles. The molecule has 3 heterocycles. The van der Waals surface area contributed by atoms with E-state index in [1.807, 2.05) is 0 Å². The Bertz CT molecular complexity index is 1290. The van der Waals surface area contributed by atoms with Crippen molar-refractivity contribution in [3.05, 3.63) is 35.7 Å². The van der Waals surface area contributed by atoms with Crippen molar-refractivity contribution in [2.45, 2.75) is 50.5 Å². The van der Waals surface area contributed by atoms with Crippen LogP contribution in [-0.4, -0.2) is 51.1 Å². The first-order valence-corrected chi connectivity index (χ1v) is 11.3. The molecule has 1 aliphatic rings. The highest BCUT2D eigenvalue weighted by molar-refractivity contribution is 5.99. The number of carbonyl (C=O) groups is 1. The molecule has 0 bridgehead atoms. The molecule has 1 saturated carbocycles. The number of hydrogen-bond acceptors (Lipinski definition) is 6. The van der Waals surface area contributed by atoms with Crippen LogP contribution in [0.3, 0.4) is 0 Å². The van der Waals surface area contributed by atoms with Crippen molar-refractivity contribution in [2.24, 2.45) is 5.92 Å². The fraction of sp³-hybridized carbons (Fsp3) is 0.455. The predicted octanol–water partition coefficient (Wildman–Crippen LogP) is 5.61. The molecule has 3 aromatic heterocycles. The normalized spacial score (nSPS) is 18.6. The van der Waals surface area contributed by atoms with Gasteiger partial charge in [-0.05, 0) is 43.9 Å². The van der Waals surface area contributed by atoms with E-state index in [-0.39, 0.29) is 48.4 Å². The maximum atomic E-state index is 13.2. The van der Waals surface area contributed by atoms with Crippen LogP contribution in [0.5, 0.6) is 5.88 Å². The predicted molar refractivity (Wildman–Crippen MR) is 117 cm³/mol. The molecule has 206 valence electrons. The first kappa shape index (κ1) is 27.3. The van der Waals surface area contributed by atoms with Crippen LogP contribution >= 0.6 is 0 Å². The number of ether oxygens (including phenoxy) is 1. The zero-order valence-corrected chi connectivity index (χ0v) is 19.3. The second-order valence-corrected chi connectivity index (χ2v) is 8.58. The highest BCUT2D eigenvalue weighted by Gasteiger charge is 2.41. The van der Waals surface area contributed by atoms with E-state index in [0.29, 0.717) is 0 Å². The molecule has 1 fully saturated rings. The number of halogens is 8. The highest BCUT2D eigenvalue weighted by Crippen LogP contribution is 2.38. The number of anilines is 2. The Balaban J connectivity index is 1.58. The van der Waals surface area contributed by atoms with Gasteiger partial charge in [0.05, 0.1) is 11.6 Å². The number of pyridine rings is 2. The molecular weight excluding hydrogens is 532 g/mol. The number of aromatic amines is 1. The Hall–Kier alpha value is -3.72. The summed E-state index contributed by atoms with van der Waals surface area (Å²) in [6.07, 6.45) is -11.3. The lowest BCUT2D eigenvalue weighted by Gasteiger charge is -2.30. The van der Waals surface area contributed by atoms with E-state index in [1.54, 1.807) is 0 Å². The quantitative estimate of drug-likeness (QED) is 0.329. The van der Waals surface area contributed by atoms with Crippen LogP contribution in [0.1, 0.15) is 41.7 Å². The fourth-order valence-electron chi connectivity index (χ4n) is 4.09. The summed E-state index contributed by atoms with van der Waals surface area (Å²) in [6.45, 7) is -1.11. The Kier molecular flexibility index (Phi) is 7.60. The summed E-state index contributed by atoms with van der Waals surface area (Å²) in [5, 5.41) is 5.00. The van der Waals surface area contributed by atoms with Crippen molar-refractivity contribution >= 4 is 28.7 Å². The van der Waals surface area contributed by atoms with E-state index in [2.05, 4.69) is 30.6 Å². The average Bonchev–Trinajstić information content (AvgIpc) is 3.22. The third-order valence-corrected chi connectivity index (χ3v) is 5.88. The maximum Gasteiger partial charge on any atom is 0.435 e. The van der Waals surface area contributed by atoms with E-state index in [4.69, 9.17) is 4.74 Å². The molecule has 1 amide bonds. The number of hydrogen-bond donors (Lipinski definition) is 3. The second kappa shape index (κ2) is 10.6. The van der Waals surface area contributed by atoms with Gasteiger partial charge in [-0.3, -0.25) is 4.79 Å². The lowest BCUT2D eigenvalue weighted by molar-refractivity contribution is -0.182. The summed E-state index contributed by atoms with van der Waals surface area (Å²) >= 11 is 0. The molecule has 0 radical (unpaired) electrons. The molecular formula is C22H20F8N6O2. The number of amides is 1. The minimum atomic E-state index is -4.77. The van der Waals surface area contributed by atoms with Crippen LogP contribution in [0.15, 0.2) is 24.4 Å². The van der Waals surface area contributed by atoms with Crippen molar-refractivity contribution < 1.29 is 44.7 Å². The number of imidazole rings is 1. The van der Waals surface area contributed by atoms with Crippen LogP contribution in [0.4, 0.5) is 46.8 Å². The van der Waals surface area contributed by atoms with Crippen molar-refractivity contribution in [3.63, 3.8) is 0 Å². The summed E-state index contributed by atoms with van der Waals surface area (Å²) in [7, 11) is 0. The summed E-state index contributed by atoms with van der Waals surface area (Å²) in [5.74, 6) is -3.02. The first-order valence-electron chi connectivity index (χ1n) is 11.3. The molecule has 0 aliphatic heterocycles. The summed E-state index contributed by atoms with van der Waals surface area (Å²) in [6, 6.07) is 2.91. The largest absolute Gasteiger partial charge is 0.471 e. The molecule has 0 spiro atoms. The minimum absolute atomic E-state index is 0.0136. The lowest BCUT2D eigenvalue weighted by atomic mass is 9.85. The molecule has 8 nitrogen and oxygen atoms in total. The van der Waals surface area contributed by atoms with Crippen molar-refractivity contribution in [2.75, 3.05) is 11.9 Å². The van der Waals surface area contributed by atoms with Crippen LogP contribution < -0.4 is 15.4 Å². The highest BCUT2D eigenvalue weighted by atomic mass is 19.4. The number of nitrogens with one attached hydrogen (secondary N) is 3. The third kappa shape index (κ3) is 6.39. The van der Waals surface area contributed by atoms with Gasteiger partial charge in [0.15, 0.2) is 17.9 Å². The molecule has 3 N–H and O–H groups in total. The number of rotatable bonds is 7. The Morgan fingerprint density at radius 1 is 1.11 bits per heavy atom. The zero-order chi connectivity index (χ0) is 27.7. The zero-order valence-electron chi connectivity index (χ0n) is 19.3. The summed E-state index contributed by atoms with van der Waals surface area (Å²) < 4.78 is 109. The van der Waals surface area contributed by atoms with Crippen molar-refractivity contribution in [1.29, 1.82) is 0 Å². The van der Waals surface area contributed by atoms with Gasteiger partial charge in [-0.2, -0.15) is 31.3 Å². The van der Waals surface area contributed by atoms with E-state index in [0.717, 1.165) is 18.3 Å². The average molecular weight is 552 g/mol. The van der Waals surface area contributed by atoms with Crippen LogP contribution in [-0.2, 0) is 6.18 Å². The molecule has 0 atom stereocenters. The van der Waals surface area contributed by atoms with E-state index >= 15 is 0 Å². The second-order valence-electron chi connectivity index (χ2n) is 8.58. The number of H-pyrrole nitrogens is 1. The molecule has 0 unspecified atom stereocenters. The van der Waals surface area contributed by atoms with Gasteiger partial charge in [0.25, 0.3) is 12.3 Å². The van der Waals surface area contributed by atoms with Crippen LogP contribution in [0, 0.1) is 5.92 Å². The topological polar surface area (TPSA) is 105 Å². The molecule has 0 aromatic carbocycles. The fourth-order valence-corrected chi connectivity index (χ4v) is 4.09. The van der Waals surface area contributed by atoms with Crippen molar-refractivity contribution in [1.82, 2.24) is 25.3 Å². The Morgan fingerprint density at radius 3 is 2.45 bits per heavy atom. The van der Waals surface area contributed by atoms with Gasteiger partial charge in [-0.25, -0.2) is 18.7 Å². The Morgan fingerprint density at radius 2 is 1.82 bits per heavy atom. The number of nitrogens with zero attached hydrogens (tertiary/aromatic N) is 3. The van der Waals surface area contributed by atoms with Crippen LogP contribution in [0.25, 0.3) is 11.2 Å². The Labute approximate surface area is 209 Å². The van der Waals surface area contributed by atoms with Gasteiger partial charge in [0, 0.05) is 12.2 Å². The minimum Gasteiger partial charge on any atom is -0.471 e. The monoisotopic (exact) mass is 552 g/mol. The van der Waals surface area contributed by atoms with Crippen LogP contribution in [0.2, 0.25) is 0 Å². The molecule has 3 aromatic rings. The molecule has 4 rings (SSSR count). The van der Waals surface area contributed by atoms with Gasteiger partial charge in [-0.1, -0.05) is 0 Å². The molecule has 38 heavy (non-hydrogen) atoms.